The van der Waals surface area contributed by atoms with E-state index in [9.17, 15) is 9.50 Å². The Morgan fingerprint density at radius 3 is 2.89 bits per heavy atom. The first-order valence-corrected chi connectivity index (χ1v) is 6.90. The molecule has 1 aromatic heterocycles. The van der Waals surface area contributed by atoms with E-state index in [-0.39, 0.29) is 17.8 Å². The quantitative estimate of drug-likeness (QED) is 0.918. The number of hydrogen-bond donors (Lipinski definition) is 1. The predicted molar refractivity (Wildman–Crippen MR) is 70.0 cm³/mol. The van der Waals surface area contributed by atoms with Crippen molar-refractivity contribution in [1.82, 2.24) is 4.98 Å². The Morgan fingerprint density at radius 2 is 2.22 bits per heavy atom. The minimum Gasteiger partial charge on any atom is -0.396 e. The van der Waals surface area contributed by atoms with Crippen molar-refractivity contribution in [3.8, 4) is 11.3 Å². The van der Waals surface area contributed by atoms with Crippen molar-refractivity contribution in [2.24, 2.45) is 5.41 Å². The minimum atomic E-state index is -0.240. The predicted octanol–water partition coefficient (Wildman–Crippen LogP) is 3.26. The van der Waals surface area contributed by atoms with Crippen molar-refractivity contribution in [3.05, 3.63) is 40.5 Å². The Morgan fingerprint density at radius 1 is 1.39 bits per heavy atom. The van der Waals surface area contributed by atoms with Crippen LogP contribution in [0.2, 0.25) is 0 Å². The van der Waals surface area contributed by atoms with E-state index >= 15 is 0 Å². The highest BCUT2D eigenvalue weighted by Gasteiger charge is 2.42. The summed E-state index contributed by atoms with van der Waals surface area (Å²) in [4.78, 5) is 4.54. The third-order valence-electron chi connectivity index (χ3n) is 3.49. The van der Waals surface area contributed by atoms with E-state index < -0.39 is 0 Å². The van der Waals surface area contributed by atoms with E-state index in [2.05, 4.69) is 4.98 Å². The molecule has 4 heteroatoms. The van der Waals surface area contributed by atoms with Gasteiger partial charge in [0.2, 0.25) is 0 Å². The first-order valence-electron chi connectivity index (χ1n) is 6.02. The molecular weight excluding hydrogens is 249 g/mol. The van der Waals surface area contributed by atoms with Crippen molar-refractivity contribution in [2.45, 2.75) is 19.3 Å². The van der Waals surface area contributed by atoms with Crippen LogP contribution in [0.4, 0.5) is 4.39 Å². The summed E-state index contributed by atoms with van der Waals surface area (Å²) in [5.41, 5.74) is 1.71. The fraction of sp³-hybridized carbons (Fsp3) is 0.357. The zero-order valence-electron chi connectivity index (χ0n) is 9.90. The van der Waals surface area contributed by atoms with Crippen molar-refractivity contribution in [1.29, 1.82) is 0 Å². The average Bonchev–Trinajstić information content (AvgIpc) is 2.99. The maximum Gasteiger partial charge on any atom is 0.123 e. The number of rotatable bonds is 4. The van der Waals surface area contributed by atoms with E-state index in [1.165, 1.54) is 12.1 Å². The molecule has 1 saturated carbocycles. The molecule has 1 N–H and O–H groups in total. The van der Waals surface area contributed by atoms with Crippen LogP contribution in [-0.4, -0.2) is 16.7 Å². The fourth-order valence-corrected chi connectivity index (χ4v) is 3.04. The third kappa shape index (κ3) is 2.31. The zero-order chi connectivity index (χ0) is 12.6. The summed E-state index contributed by atoms with van der Waals surface area (Å²) in [7, 11) is 0. The second kappa shape index (κ2) is 4.44. The Balaban J connectivity index is 1.81. The lowest BCUT2D eigenvalue weighted by Gasteiger charge is -2.07. The second-order valence-corrected chi connectivity index (χ2v) is 5.91. The maximum atomic E-state index is 13.1. The first-order chi connectivity index (χ1) is 8.71. The summed E-state index contributed by atoms with van der Waals surface area (Å²) < 4.78 is 13.1. The van der Waals surface area contributed by atoms with E-state index in [0.29, 0.717) is 0 Å². The van der Waals surface area contributed by atoms with Crippen LogP contribution in [0.25, 0.3) is 11.3 Å². The molecule has 94 valence electrons. The summed E-state index contributed by atoms with van der Waals surface area (Å²) in [6.45, 7) is 0.238. The number of aliphatic hydroxyl groups is 1. The Hall–Kier alpha value is -1.26. The highest BCUT2D eigenvalue weighted by molar-refractivity contribution is 7.09. The molecular formula is C14H14FNOS. The van der Waals surface area contributed by atoms with Gasteiger partial charge in [0.25, 0.3) is 0 Å². The number of halogens is 1. The van der Waals surface area contributed by atoms with E-state index in [1.807, 2.05) is 11.4 Å². The normalized spacial score (nSPS) is 16.8. The lowest BCUT2D eigenvalue weighted by atomic mass is 10.1. The Bertz CT molecular complexity index is 562. The van der Waals surface area contributed by atoms with Crippen LogP contribution in [0.3, 0.4) is 0 Å². The molecule has 18 heavy (non-hydrogen) atoms. The summed E-state index contributed by atoms with van der Waals surface area (Å²) >= 11 is 1.59. The Kier molecular flexibility index (Phi) is 2.92. The molecule has 0 bridgehead atoms. The van der Waals surface area contributed by atoms with Crippen molar-refractivity contribution < 1.29 is 9.50 Å². The first kappa shape index (κ1) is 11.8. The summed E-state index contributed by atoms with van der Waals surface area (Å²) in [5.74, 6) is -0.240. The van der Waals surface area contributed by atoms with Gasteiger partial charge in [-0.3, -0.25) is 0 Å². The van der Waals surface area contributed by atoms with Gasteiger partial charge in [0.05, 0.1) is 10.7 Å². The highest BCUT2D eigenvalue weighted by Crippen LogP contribution is 2.48. The lowest BCUT2D eigenvalue weighted by molar-refractivity contribution is 0.211. The number of aromatic nitrogens is 1. The molecule has 0 spiro atoms. The van der Waals surface area contributed by atoms with Crippen molar-refractivity contribution in [3.63, 3.8) is 0 Å². The summed E-state index contributed by atoms with van der Waals surface area (Å²) in [6, 6.07) is 6.49. The Labute approximate surface area is 109 Å². The van der Waals surface area contributed by atoms with Crippen LogP contribution in [0, 0.1) is 11.2 Å². The minimum absolute atomic E-state index is 0.0804. The molecule has 0 unspecified atom stereocenters. The van der Waals surface area contributed by atoms with Crippen molar-refractivity contribution in [2.75, 3.05) is 6.61 Å². The molecule has 1 aliphatic rings. The molecule has 0 amide bonds. The standard InChI is InChI=1S/C14H14FNOS/c15-11-3-1-2-10(6-11)12-8-18-13(16-12)7-14(9-17)4-5-14/h1-3,6,8,17H,4-5,7,9H2. The van der Waals surface area contributed by atoms with Gasteiger partial charge in [-0.05, 0) is 30.4 Å². The van der Waals surface area contributed by atoms with Gasteiger partial charge in [0.1, 0.15) is 5.82 Å². The van der Waals surface area contributed by atoms with Crippen LogP contribution in [-0.2, 0) is 6.42 Å². The van der Waals surface area contributed by atoms with E-state index in [4.69, 9.17) is 0 Å². The largest absolute Gasteiger partial charge is 0.396 e. The molecule has 0 aliphatic heterocycles. The SMILES string of the molecule is OCC1(Cc2nc(-c3cccc(F)c3)cs2)CC1. The molecule has 0 atom stereocenters. The summed E-state index contributed by atoms with van der Waals surface area (Å²) in [5, 5.41) is 12.3. The van der Waals surface area contributed by atoms with E-state index in [1.54, 1.807) is 17.4 Å². The van der Waals surface area contributed by atoms with Gasteiger partial charge in [-0.25, -0.2) is 9.37 Å². The van der Waals surface area contributed by atoms with Gasteiger partial charge >= 0.3 is 0 Å². The molecule has 1 fully saturated rings. The van der Waals surface area contributed by atoms with Crippen LogP contribution in [0.5, 0.6) is 0 Å². The van der Waals surface area contributed by atoms with Gasteiger partial charge < -0.3 is 5.11 Å². The zero-order valence-corrected chi connectivity index (χ0v) is 10.7. The molecule has 1 heterocycles. The number of aliphatic hydroxyl groups excluding tert-OH is 1. The molecule has 0 saturated heterocycles. The second-order valence-electron chi connectivity index (χ2n) is 4.97. The third-order valence-corrected chi connectivity index (χ3v) is 4.34. The lowest BCUT2D eigenvalue weighted by Crippen LogP contribution is -2.09. The van der Waals surface area contributed by atoms with Gasteiger partial charge in [-0.1, -0.05) is 12.1 Å². The fourth-order valence-electron chi connectivity index (χ4n) is 2.06. The van der Waals surface area contributed by atoms with Gasteiger partial charge in [0, 0.05) is 24.0 Å². The van der Waals surface area contributed by atoms with E-state index in [0.717, 1.165) is 35.5 Å². The maximum absolute atomic E-state index is 13.1. The van der Waals surface area contributed by atoms with Gasteiger partial charge in [-0.15, -0.1) is 11.3 Å². The molecule has 2 aromatic rings. The number of benzene rings is 1. The summed E-state index contributed by atoms with van der Waals surface area (Å²) in [6.07, 6.45) is 3.00. The van der Waals surface area contributed by atoms with Gasteiger partial charge in [-0.2, -0.15) is 0 Å². The monoisotopic (exact) mass is 263 g/mol. The van der Waals surface area contributed by atoms with Crippen LogP contribution in [0.15, 0.2) is 29.6 Å². The van der Waals surface area contributed by atoms with Crippen LogP contribution in [0.1, 0.15) is 17.8 Å². The number of thiazole rings is 1. The highest BCUT2D eigenvalue weighted by atomic mass is 32.1. The van der Waals surface area contributed by atoms with Crippen LogP contribution < -0.4 is 0 Å². The molecule has 0 radical (unpaired) electrons. The molecule has 1 aliphatic carbocycles. The molecule has 3 rings (SSSR count). The molecule has 2 nitrogen and oxygen atoms in total. The topological polar surface area (TPSA) is 33.1 Å². The molecule has 1 aromatic carbocycles. The van der Waals surface area contributed by atoms with Crippen LogP contribution >= 0.6 is 11.3 Å². The number of hydrogen-bond acceptors (Lipinski definition) is 3. The average molecular weight is 263 g/mol. The van der Waals surface area contributed by atoms with Crippen molar-refractivity contribution >= 4 is 11.3 Å². The smallest absolute Gasteiger partial charge is 0.123 e. The van der Waals surface area contributed by atoms with Gasteiger partial charge in [0.15, 0.2) is 0 Å². The number of nitrogens with zero attached hydrogens (tertiary/aromatic N) is 1.